The lowest BCUT2D eigenvalue weighted by atomic mass is 10.2. The minimum atomic E-state index is 0.665. The first kappa shape index (κ1) is 19.2. The second-order valence-electron chi connectivity index (χ2n) is 6.79. The summed E-state index contributed by atoms with van der Waals surface area (Å²) in [5.74, 6) is 0.915. The summed E-state index contributed by atoms with van der Waals surface area (Å²) in [6.07, 6.45) is 5.43. The van der Waals surface area contributed by atoms with Crippen LogP contribution in [-0.2, 0) is 6.54 Å². The zero-order valence-electron chi connectivity index (χ0n) is 15.2. The first-order valence-electron chi connectivity index (χ1n) is 9.18. The number of anilines is 1. The molecule has 4 nitrogen and oxygen atoms in total. The van der Waals surface area contributed by atoms with Crippen LogP contribution in [0.3, 0.4) is 0 Å². The quantitative estimate of drug-likeness (QED) is 0.676. The lowest BCUT2D eigenvalue weighted by Crippen LogP contribution is -2.36. The van der Waals surface area contributed by atoms with Crippen molar-refractivity contribution in [1.82, 2.24) is 9.80 Å². The van der Waals surface area contributed by atoms with E-state index in [9.17, 15) is 0 Å². The largest absolute Gasteiger partial charge is 0.467 e. The normalized spacial score (nSPS) is 14.5. The van der Waals surface area contributed by atoms with Crippen LogP contribution in [0.15, 0.2) is 41.0 Å². The van der Waals surface area contributed by atoms with Crippen LogP contribution >= 0.6 is 23.8 Å². The molecule has 1 aliphatic heterocycles. The van der Waals surface area contributed by atoms with Crippen molar-refractivity contribution in [1.29, 1.82) is 0 Å². The van der Waals surface area contributed by atoms with Crippen molar-refractivity contribution in [2.75, 3.05) is 31.5 Å². The fourth-order valence-electron chi connectivity index (χ4n) is 3.26. The van der Waals surface area contributed by atoms with E-state index in [2.05, 4.69) is 15.1 Å². The number of nitrogens with zero attached hydrogens (tertiary/aromatic N) is 2. The Kier molecular flexibility index (Phi) is 6.94. The second kappa shape index (κ2) is 9.40. The number of hydrogen-bond donors (Lipinski definition) is 1. The van der Waals surface area contributed by atoms with Crippen LogP contribution in [0.5, 0.6) is 0 Å². The number of nitrogens with one attached hydrogen (secondary N) is 1. The third kappa shape index (κ3) is 5.47. The molecule has 26 heavy (non-hydrogen) atoms. The molecular weight excluding hydrogens is 366 g/mol. The molecule has 0 amide bonds. The lowest BCUT2D eigenvalue weighted by Gasteiger charge is -2.26. The summed E-state index contributed by atoms with van der Waals surface area (Å²) in [6, 6.07) is 9.70. The molecule has 1 N–H and O–H groups in total. The van der Waals surface area contributed by atoms with E-state index >= 15 is 0 Å². The van der Waals surface area contributed by atoms with Gasteiger partial charge in [0.15, 0.2) is 5.11 Å². The van der Waals surface area contributed by atoms with Gasteiger partial charge in [-0.3, -0.25) is 0 Å². The SMILES string of the molecule is Cc1ccc(Cl)cc1NC(=S)N(CCCN1CCCC1)Cc1ccco1. The van der Waals surface area contributed by atoms with E-state index < -0.39 is 0 Å². The van der Waals surface area contributed by atoms with Crippen LogP contribution in [0.25, 0.3) is 0 Å². The molecule has 0 saturated carbocycles. The molecule has 1 aliphatic rings. The molecule has 0 aliphatic carbocycles. The van der Waals surface area contributed by atoms with Crippen molar-refractivity contribution in [3.8, 4) is 0 Å². The maximum absolute atomic E-state index is 6.13. The first-order valence-corrected chi connectivity index (χ1v) is 9.97. The molecule has 2 aromatic rings. The molecule has 2 heterocycles. The highest BCUT2D eigenvalue weighted by Gasteiger charge is 2.15. The molecule has 3 rings (SSSR count). The number of furan rings is 1. The Bertz CT molecular complexity index is 714. The van der Waals surface area contributed by atoms with Crippen LogP contribution in [0.4, 0.5) is 5.69 Å². The minimum Gasteiger partial charge on any atom is -0.467 e. The average Bonchev–Trinajstić information content (AvgIpc) is 3.31. The smallest absolute Gasteiger partial charge is 0.173 e. The van der Waals surface area contributed by atoms with E-state index in [1.165, 1.54) is 25.9 Å². The van der Waals surface area contributed by atoms with Crippen molar-refractivity contribution < 1.29 is 4.42 Å². The number of aryl methyl sites for hydroxylation is 1. The monoisotopic (exact) mass is 391 g/mol. The van der Waals surface area contributed by atoms with Gasteiger partial charge in [-0.1, -0.05) is 17.7 Å². The van der Waals surface area contributed by atoms with Gasteiger partial charge in [0, 0.05) is 17.3 Å². The zero-order chi connectivity index (χ0) is 18.4. The minimum absolute atomic E-state index is 0.665. The number of halogens is 1. The number of likely N-dealkylation sites (tertiary alicyclic amines) is 1. The Balaban J connectivity index is 1.62. The van der Waals surface area contributed by atoms with Crippen molar-refractivity contribution in [3.63, 3.8) is 0 Å². The predicted molar refractivity (Wildman–Crippen MR) is 112 cm³/mol. The zero-order valence-corrected chi connectivity index (χ0v) is 16.8. The Hall–Kier alpha value is -1.56. The molecule has 1 aromatic carbocycles. The third-order valence-electron chi connectivity index (χ3n) is 4.76. The van der Waals surface area contributed by atoms with Crippen molar-refractivity contribution in [3.05, 3.63) is 52.9 Å². The molecule has 0 atom stereocenters. The molecular formula is C20H26ClN3OS. The summed E-state index contributed by atoms with van der Waals surface area (Å²) in [7, 11) is 0. The van der Waals surface area contributed by atoms with E-state index in [1.54, 1.807) is 6.26 Å². The van der Waals surface area contributed by atoms with Gasteiger partial charge < -0.3 is 19.5 Å². The Morgan fingerprint density at radius 1 is 1.31 bits per heavy atom. The summed E-state index contributed by atoms with van der Waals surface area (Å²) in [5.41, 5.74) is 2.07. The molecule has 0 radical (unpaired) electrons. The van der Waals surface area contributed by atoms with E-state index in [1.807, 2.05) is 37.3 Å². The maximum atomic E-state index is 6.13. The van der Waals surface area contributed by atoms with Gasteiger partial charge in [0.2, 0.25) is 0 Å². The lowest BCUT2D eigenvalue weighted by molar-refractivity contribution is 0.298. The van der Waals surface area contributed by atoms with Gasteiger partial charge in [-0.25, -0.2) is 0 Å². The van der Waals surface area contributed by atoms with Gasteiger partial charge in [-0.2, -0.15) is 0 Å². The maximum Gasteiger partial charge on any atom is 0.173 e. The summed E-state index contributed by atoms with van der Waals surface area (Å²) in [6.45, 7) is 7.17. The van der Waals surface area contributed by atoms with Gasteiger partial charge >= 0.3 is 0 Å². The summed E-state index contributed by atoms with van der Waals surface area (Å²) >= 11 is 11.8. The Labute approximate surface area is 166 Å². The third-order valence-corrected chi connectivity index (χ3v) is 5.35. The molecule has 0 spiro atoms. The molecule has 140 valence electrons. The predicted octanol–water partition coefficient (Wildman–Crippen LogP) is 4.93. The molecule has 1 aromatic heterocycles. The van der Waals surface area contributed by atoms with Crippen LogP contribution in [0, 0.1) is 6.92 Å². The van der Waals surface area contributed by atoms with Crippen molar-refractivity contribution >= 4 is 34.6 Å². The second-order valence-corrected chi connectivity index (χ2v) is 7.62. The van der Waals surface area contributed by atoms with Crippen LogP contribution in [0.1, 0.15) is 30.6 Å². The van der Waals surface area contributed by atoms with Gasteiger partial charge in [0.1, 0.15) is 5.76 Å². The van der Waals surface area contributed by atoms with Gasteiger partial charge in [-0.15, -0.1) is 0 Å². The Morgan fingerprint density at radius 2 is 2.12 bits per heavy atom. The highest BCUT2D eigenvalue weighted by Crippen LogP contribution is 2.21. The van der Waals surface area contributed by atoms with E-state index in [0.29, 0.717) is 16.7 Å². The number of rotatable bonds is 7. The van der Waals surface area contributed by atoms with Gasteiger partial charge in [-0.05, 0) is 87.9 Å². The Morgan fingerprint density at radius 3 is 2.85 bits per heavy atom. The highest BCUT2D eigenvalue weighted by molar-refractivity contribution is 7.80. The summed E-state index contributed by atoms with van der Waals surface area (Å²) in [5, 5.41) is 4.76. The molecule has 6 heteroatoms. The highest BCUT2D eigenvalue weighted by atomic mass is 35.5. The molecule has 1 saturated heterocycles. The molecule has 1 fully saturated rings. The van der Waals surface area contributed by atoms with E-state index in [-0.39, 0.29) is 0 Å². The topological polar surface area (TPSA) is 31.6 Å². The van der Waals surface area contributed by atoms with Crippen LogP contribution in [-0.4, -0.2) is 41.1 Å². The summed E-state index contributed by atoms with van der Waals surface area (Å²) in [4.78, 5) is 4.70. The standard InChI is InChI=1S/C20H26ClN3OS/c1-16-7-8-17(21)14-19(16)22-20(26)24(15-18-6-4-13-25-18)12-5-11-23-9-2-3-10-23/h4,6-8,13-14H,2-3,5,9-12,15H2,1H3,(H,22,26). The first-order chi connectivity index (χ1) is 12.6. The van der Waals surface area contributed by atoms with Gasteiger partial charge in [0.25, 0.3) is 0 Å². The molecule has 0 bridgehead atoms. The molecule has 0 unspecified atom stereocenters. The average molecular weight is 392 g/mol. The number of thiocarbonyl (C=S) groups is 1. The van der Waals surface area contributed by atoms with Crippen LogP contribution in [0.2, 0.25) is 5.02 Å². The number of hydrogen-bond acceptors (Lipinski definition) is 3. The number of benzene rings is 1. The van der Waals surface area contributed by atoms with Gasteiger partial charge in [0.05, 0.1) is 12.8 Å². The fourth-order valence-corrected chi connectivity index (χ4v) is 3.70. The fraction of sp³-hybridized carbons (Fsp3) is 0.450. The van der Waals surface area contributed by atoms with E-state index in [4.69, 9.17) is 28.2 Å². The van der Waals surface area contributed by atoms with E-state index in [0.717, 1.165) is 36.5 Å². The van der Waals surface area contributed by atoms with Crippen molar-refractivity contribution in [2.24, 2.45) is 0 Å². The summed E-state index contributed by atoms with van der Waals surface area (Å²) < 4.78 is 5.53. The van der Waals surface area contributed by atoms with Crippen LogP contribution < -0.4 is 5.32 Å². The van der Waals surface area contributed by atoms with Crippen molar-refractivity contribution in [2.45, 2.75) is 32.7 Å².